The van der Waals surface area contributed by atoms with E-state index in [1.807, 2.05) is 29.5 Å². The number of aliphatic imine (C=N–C) groups is 1. The van der Waals surface area contributed by atoms with Crippen LogP contribution in [0, 0.1) is 6.92 Å². The summed E-state index contributed by atoms with van der Waals surface area (Å²) in [6.07, 6.45) is 0.880. The van der Waals surface area contributed by atoms with E-state index in [1.54, 1.807) is 7.11 Å². The first-order valence-corrected chi connectivity index (χ1v) is 11.5. The molecule has 2 N–H and O–H groups in total. The Morgan fingerprint density at radius 3 is 2.65 bits per heavy atom. The van der Waals surface area contributed by atoms with E-state index in [0.29, 0.717) is 0 Å². The molecule has 1 fully saturated rings. The van der Waals surface area contributed by atoms with Crippen LogP contribution in [0.3, 0.4) is 0 Å². The zero-order chi connectivity index (χ0) is 21.2. The fourth-order valence-corrected chi connectivity index (χ4v) is 4.66. The van der Waals surface area contributed by atoms with Gasteiger partial charge in [-0.2, -0.15) is 0 Å². The Bertz CT molecular complexity index is 808. The summed E-state index contributed by atoms with van der Waals surface area (Å²) in [4.78, 5) is 10.2. The number of ether oxygens (including phenoxy) is 2. The van der Waals surface area contributed by atoms with Gasteiger partial charge in [-0.25, -0.2) is 0 Å². The van der Waals surface area contributed by atoms with Gasteiger partial charge >= 0.3 is 0 Å². The number of benzene rings is 1. The van der Waals surface area contributed by atoms with E-state index in [-0.39, 0.29) is 30.0 Å². The molecule has 0 spiro atoms. The maximum absolute atomic E-state index is 5.56. The minimum Gasteiger partial charge on any atom is -0.496 e. The zero-order valence-corrected chi connectivity index (χ0v) is 21.9. The average molecular weight is 559 g/mol. The van der Waals surface area contributed by atoms with Crippen molar-refractivity contribution >= 4 is 41.3 Å². The van der Waals surface area contributed by atoms with Gasteiger partial charge in [-0.1, -0.05) is 18.2 Å². The number of thiophene rings is 1. The summed E-state index contributed by atoms with van der Waals surface area (Å²) in [5, 5.41) is 6.86. The summed E-state index contributed by atoms with van der Waals surface area (Å²) in [6, 6.07) is 12.9. The van der Waals surface area contributed by atoms with Crippen molar-refractivity contribution in [3.8, 4) is 5.75 Å². The van der Waals surface area contributed by atoms with Crippen molar-refractivity contribution in [3.05, 3.63) is 51.7 Å². The summed E-state index contributed by atoms with van der Waals surface area (Å²) in [7, 11) is 1.72. The quantitative estimate of drug-likeness (QED) is 0.278. The molecule has 0 aliphatic carbocycles. The minimum absolute atomic E-state index is 0. The van der Waals surface area contributed by atoms with Crippen molar-refractivity contribution in [1.29, 1.82) is 0 Å². The lowest BCUT2D eigenvalue weighted by atomic mass is 10.1. The van der Waals surface area contributed by atoms with Gasteiger partial charge in [0.05, 0.1) is 32.9 Å². The van der Waals surface area contributed by atoms with Gasteiger partial charge in [-0.05, 0) is 44.0 Å². The average Bonchev–Trinajstić information content (AvgIpc) is 3.21. The molecule has 2 heterocycles. The molecule has 0 bridgehead atoms. The van der Waals surface area contributed by atoms with Crippen LogP contribution in [0.5, 0.6) is 5.75 Å². The first kappa shape index (κ1) is 25.9. The smallest absolute Gasteiger partial charge is 0.191 e. The van der Waals surface area contributed by atoms with E-state index >= 15 is 0 Å². The Morgan fingerprint density at radius 2 is 1.97 bits per heavy atom. The Hall–Kier alpha value is -1.36. The summed E-state index contributed by atoms with van der Waals surface area (Å²) in [6.45, 7) is 10.1. The molecule has 0 radical (unpaired) electrons. The van der Waals surface area contributed by atoms with Crippen molar-refractivity contribution in [2.45, 2.75) is 26.3 Å². The highest BCUT2D eigenvalue weighted by Gasteiger charge is 2.23. The molecule has 1 unspecified atom stereocenters. The molecule has 0 amide bonds. The molecule has 31 heavy (non-hydrogen) atoms. The molecule has 1 aromatic heterocycles. The number of guanidine groups is 1. The molecule has 1 aliphatic rings. The number of para-hydroxylation sites is 1. The van der Waals surface area contributed by atoms with Crippen LogP contribution < -0.4 is 15.4 Å². The number of hydrogen-bond acceptors (Lipinski definition) is 5. The van der Waals surface area contributed by atoms with Gasteiger partial charge in [-0.3, -0.25) is 9.89 Å². The van der Waals surface area contributed by atoms with Gasteiger partial charge in [0.25, 0.3) is 0 Å². The molecule has 0 saturated carbocycles. The first-order valence-electron chi connectivity index (χ1n) is 10.7. The van der Waals surface area contributed by atoms with Crippen LogP contribution in [0.4, 0.5) is 0 Å². The van der Waals surface area contributed by atoms with Crippen LogP contribution in [0.25, 0.3) is 0 Å². The molecule has 3 rings (SSSR count). The number of morpholine rings is 1. The Labute approximate surface area is 207 Å². The van der Waals surface area contributed by atoms with E-state index in [0.717, 1.165) is 64.1 Å². The summed E-state index contributed by atoms with van der Waals surface area (Å²) in [5.74, 6) is 1.79. The normalized spacial score (nSPS) is 15.8. The van der Waals surface area contributed by atoms with Crippen molar-refractivity contribution in [2.75, 3.05) is 53.0 Å². The summed E-state index contributed by atoms with van der Waals surface area (Å²) >= 11 is 1.87. The summed E-state index contributed by atoms with van der Waals surface area (Å²) < 4.78 is 11.0. The third kappa shape index (κ3) is 7.93. The van der Waals surface area contributed by atoms with Gasteiger partial charge in [0.2, 0.25) is 0 Å². The predicted molar refractivity (Wildman–Crippen MR) is 140 cm³/mol. The third-order valence-corrected chi connectivity index (χ3v) is 6.32. The Balaban J connectivity index is 0.00000341. The summed E-state index contributed by atoms with van der Waals surface area (Å²) in [5.41, 5.74) is 1.20. The molecule has 6 nitrogen and oxygen atoms in total. The number of halogens is 1. The number of nitrogens with zero attached hydrogens (tertiary/aromatic N) is 2. The van der Waals surface area contributed by atoms with Gasteiger partial charge < -0.3 is 20.1 Å². The van der Waals surface area contributed by atoms with E-state index in [9.17, 15) is 0 Å². The molecule has 2 aromatic rings. The van der Waals surface area contributed by atoms with Crippen LogP contribution in [-0.2, 0) is 11.2 Å². The van der Waals surface area contributed by atoms with E-state index in [2.05, 4.69) is 47.6 Å². The van der Waals surface area contributed by atoms with Gasteiger partial charge in [0.1, 0.15) is 5.75 Å². The monoisotopic (exact) mass is 558 g/mol. The molecule has 1 saturated heterocycles. The molecular weight excluding hydrogens is 523 g/mol. The van der Waals surface area contributed by atoms with E-state index in [1.165, 1.54) is 15.3 Å². The van der Waals surface area contributed by atoms with Gasteiger partial charge in [-0.15, -0.1) is 35.3 Å². The molecule has 1 aromatic carbocycles. The van der Waals surface area contributed by atoms with Crippen molar-refractivity contribution < 1.29 is 9.47 Å². The highest BCUT2D eigenvalue weighted by Crippen LogP contribution is 2.28. The van der Waals surface area contributed by atoms with Crippen molar-refractivity contribution in [1.82, 2.24) is 15.5 Å². The van der Waals surface area contributed by atoms with Crippen LogP contribution in [-0.4, -0.2) is 63.9 Å². The Morgan fingerprint density at radius 1 is 1.19 bits per heavy atom. The number of nitrogens with one attached hydrogen (secondary N) is 2. The molecular formula is C23H35IN4O2S. The van der Waals surface area contributed by atoms with Crippen LogP contribution in [0.1, 0.15) is 28.3 Å². The van der Waals surface area contributed by atoms with E-state index < -0.39 is 0 Å². The third-order valence-electron chi connectivity index (χ3n) is 5.22. The lowest BCUT2D eigenvalue weighted by molar-refractivity contribution is 0.0186. The molecule has 1 aliphatic heterocycles. The standard InChI is InChI=1S/C23H34N4O2S.HI/c1-4-24-23(25-12-11-19-7-5-6-8-21(19)28-3)26-17-20(22-10-9-18(2)30-22)27-13-15-29-16-14-27;/h5-10,20H,4,11-17H2,1-3H3,(H2,24,25,26);1H. The molecule has 8 heteroatoms. The fourth-order valence-electron chi connectivity index (χ4n) is 3.65. The van der Waals surface area contributed by atoms with Crippen molar-refractivity contribution in [2.24, 2.45) is 4.99 Å². The van der Waals surface area contributed by atoms with Crippen LogP contribution in [0.2, 0.25) is 0 Å². The van der Waals surface area contributed by atoms with Crippen LogP contribution in [0.15, 0.2) is 41.4 Å². The topological polar surface area (TPSA) is 58.1 Å². The molecule has 172 valence electrons. The molecule has 1 atom stereocenters. The second-order valence-electron chi connectivity index (χ2n) is 7.32. The Kier molecular flexibility index (Phi) is 11.6. The number of aryl methyl sites for hydroxylation is 1. The maximum atomic E-state index is 5.56. The zero-order valence-electron chi connectivity index (χ0n) is 18.7. The van der Waals surface area contributed by atoms with Gasteiger partial charge in [0, 0.05) is 35.9 Å². The lowest BCUT2D eigenvalue weighted by Gasteiger charge is -2.33. The van der Waals surface area contributed by atoms with Gasteiger partial charge in [0.15, 0.2) is 5.96 Å². The SMILES string of the molecule is CCNC(=NCC(c1ccc(C)s1)N1CCOCC1)NCCc1ccccc1OC.I. The minimum atomic E-state index is 0. The predicted octanol–water partition coefficient (Wildman–Crippen LogP) is 3.85. The second kappa shape index (κ2) is 13.9. The highest BCUT2D eigenvalue weighted by atomic mass is 127. The van der Waals surface area contributed by atoms with Crippen LogP contribution >= 0.6 is 35.3 Å². The highest BCUT2D eigenvalue weighted by molar-refractivity contribution is 14.0. The number of hydrogen-bond donors (Lipinski definition) is 2. The second-order valence-corrected chi connectivity index (χ2v) is 8.64. The van der Waals surface area contributed by atoms with E-state index in [4.69, 9.17) is 14.5 Å². The number of rotatable bonds is 9. The number of methoxy groups -OCH3 is 1. The largest absolute Gasteiger partial charge is 0.496 e. The lowest BCUT2D eigenvalue weighted by Crippen LogP contribution is -2.42. The fraction of sp³-hybridized carbons (Fsp3) is 0.522. The maximum Gasteiger partial charge on any atom is 0.191 e. The van der Waals surface area contributed by atoms with Crippen molar-refractivity contribution in [3.63, 3.8) is 0 Å². The first-order chi connectivity index (χ1) is 14.7.